The third-order valence-corrected chi connectivity index (χ3v) is 4.93. The molecule has 0 unspecified atom stereocenters. The van der Waals surface area contributed by atoms with E-state index in [0.717, 1.165) is 22.0 Å². The summed E-state index contributed by atoms with van der Waals surface area (Å²) >= 11 is 0. The maximum absolute atomic E-state index is 11.6. The van der Waals surface area contributed by atoms with Gasteiger partial charge in [0, 0.05) is 41.0 Å². The molecule has 0 saturated carbocycles. The lowest BCUT2D eigenvalue weighted by atomic mass is 10.1. The summed E-state index contributed by atoms with van der Waals surface area (Å²) < 4.78 is 12.3. The fraction of sp³-hybridized carbons (Fsp3) is 0.130. The number of nitro benzene ring substituents is 1. The number of carbonyl (C=O) groups is 1. The van der Waals surface area contributed by atoms with Crippen molar-refractivity contribution in [2.24, 2.45) is 4.99 Å². The molecule has 0 atom stereocenters. The van der Waals surface area contributed by atoms with Gasteiger partial charge in [-0.1, -0.05) is 18.2 Å². The van der Waals surface area contributed by atoms with Gasteiger partial charge in [-0.2, -0.15) is 0 Å². The average molecular weight is 417 g/mol. The van der Waals surface area contributed by atoms with Crippen LogP contribution in [0.1, 0.15) is 27.4 Å². The predicted molar refractivity (Wildman–Crippen MR) is 116 cm³/mol. The normalized spacial score (nSPS) is 11.3. The van der Waals surface area contributed by atoms with Crippen molar-refractivity contribution >= 4 is 34.5 Å². The highest BCUT2D eigenvalue weighted by atomic mass is 16.6. The number of fused-ring (bicyclic) bond motifs is 1. The standard InChI is InChI=1S/C23H19N3O5/c1-15-11-17(26(28)29)7-9-20(15)24-12-16-13-25(21-6-4-3-5-19(16)21)14-18-8-10-22(31-18)23(27)30-2/h3-13H,14H2,1-2H3. The summed E-state index contributed by atoms with van der Waals surface area (Å²) in [5, 5.41) is 11.9. The maximum atomic E-state index is 11.6. The first-order valence-electron chi connectivity index (χ1n) is 9.50. The van der Waals surface area contributed by atoms with Crippen molar-refractivity contribution in [1.29, 1.82) is 0 Å². The Hall–Kier alpha value is -4.20. The Morgan fingerprint density at radius 2 is 2.03 bits per heavy atom. The molecule has 0 aliphatic carbocycles. The quantitative estimate of drug-likeness (QED) is 0.189. The zero-order valence-electron chi connectivity index (χ0n) is 16.9. The average Bonchev–Trinajstić information content (AvgIpc) is 3.38. The second-order valence-corrected chi connectivity index (χ2v) is 6.97. The van der Waals surface area contributed by atoms with Crippen LogP contribution in [0.2, 0.25) is 0 Å². The van der Waals surface area contributed by atoms with Crippen LogP contribution in [0.25, 0.3) is 10.9 Å². The van der Waals surface area contributed by atoms with Crippen LogP contribution in [-0.4, -0.2) is 28.8 Å². The first kappa shape index (κ1) is 20.1. The molecule has 0 saturated heterocycles. The van der Waals surface area contributed by atoms with Crippen LogP contribution in [0.3, 0.4) is 0 Å². The number of non-ortho nitro benzene ring substituents is 1. The van der Waals surface area contributed by atoms with Crippen molar-refractivity contribution in [3.8, 4) is 0 Å². The number of benzene rings is 2. The van der Waals surface area contributed by atoms with Gasteiger partial charge in [0.25, 0.3) is 5.69 Å². The summed E-state index contributed by atoms with van der Waals surface area (Å²) in [6.07, 6.45) is 3.70. The smallest absolute Gasteiger partial charge is 0.373 e. The van der Waals surface area contributed by atoms with E-state index < -0.39 is 10.9 Å². The predicted octanol–water partition coefficient (Wildman–Crippen LogP) is 5.04. The number of para-hydroxylation sites is 1. The molecule has 8 nitrogen and oxygen atoms in total. The molecule has 4 aromatic rings. The Morgan fingerprint density at radius 1 is 1.23 bits per heavy atom. The highest BCUT2D eigenvalue weighted by molar-refractivity contribution is 6.00. The summed E-state index contributed by atoms with van der Waals surface area (Å²) in [4.78, 5) is 26.7. The maximum Gasteiger partial charge on any atom is 0.373 e. The molecular weight excluding hydrogens is 398 g/mol. The second-order valence-electron chi connectivity index (χ2n) is 6.97. The van der Waals surface area contributed by atoms with Crippen LogP contribution in [0.5, 0.6) is 0 Å². The van der Waals surface area contributed by atoms with Gasteiger partial charge in [0.2, 0.25) is 5.76 Å². The fourth-order valence-electron chi connectivity index (χ4n) is 3.39. The number of methoxy groups -OCH3 is 1. The lowest BCUT2D eigenvalue weighted by molar-refractivity contribution is -0.384. The van der Waals surface area contributed by atoms with Crippen LogP contribution in [0.15, 0.2) is 70.2 Å². The Bertz CT molecular complexity index is 1320. The number of aromatic nitrogens is 1. The minimum atomic E-state index is -0.519. The van der Waals surface area contributed by atoms with E-state index in [0.29, 0.717) is 18.0 Å². The van der Waals surface area contributed by atoms with Gasteiger partial charge in [-0.25, -0.2) is 4.79 Å². The molecule has 2 heterocycles. The van der Waals surface area contributed by atoms with Gasteiger partial charge in [-0.05, 0) is 36.8 Å². The van der Waals surface area contributed by atoms with Crippen molar-refractivity contribution in [2.45, 2.75) is 13.5 Å². The summed E-state index contributed by atoms with van der Waals surface area (Å²) in [6.45, 7) is 2.22. The van der Waals surface area contributed by atoms with Crippen LogP contribution >= 0.6 is 0 Å². The van der Waals surface area contributed by atoms with E-state index in [4.69, 9.17) is 4.42 Å². The van der Waals surface area contributed by atoms with Crippen molar-refractivity contribution in [1.82, 2.24) is 4.57 Å². The SMILES string of the molecule is COC(=O)c1ccc(Cn2cc(C=Nc3ccc([N+](=O)[O-])cc3C)c3ccccc32)o1. The number of aryl methyl sites for hydroxylation is 1. The monoisotopic (exact) mass is 417 g/mol. The highest BCUT2D eigenvalue weighted by Gasteiger charge is 2.13. The molecule has 156 valence electrons. The number of nitro groups is 1. The Kier molecular flexibility index (Phi) is 5.36. The molecule has 4 rings (SSSR count). The molecule has 2 aromatic heterocycles. The lowest BCUT2D eigenvalue weighted by Gasteiger charge is -2.02. The molecule has 0 amide bonds. The van der Waals surface area contributed by atoms with E-state index in [9.17, 15) is 14.9 Å². The van der Waals surface area contributed by atoms with Crippen molar-refractivity contribution in [3.05, 3.63) is 93.6 Å². The van der Waals surface area contributed by atoms with Gasteiger partial charge in [0.1, 0.15) is 5.76 Å². The van der Waals surface area contributed by atoms with Crippen LogP contribution < -0.4 is 0 Å². The lowest BCUT2D eigenvalue weighted by Crippen LogP contribution is -1.99. The molecule has 0 aliphatic heterocycles. The number of rotatable bonds is 6. The summed E-state index contributed by atoms with van der Waals surface area (Å²) in [5.74, 6) is 0.259. The second kappa shape index (κ2) is 8.27. The molecule has 0 aliphatic rings. The van der Waals surface area contributed by atoms with E-state index in [2.05, 4.69) is 9.73 Å². The minimum Gasteiger partial charge on any atom is -0.463 e. The molecule has 0 bridgehead atoms. The van der Waals surface area contributed by atoms with Crippen molar-refractivity contribution in [3.63, 3.8) is 0 Å². The molecular formula is C23H19N3O5. The largest absolute Gasteiger partial charge is 0.463 e. The number of furan rings is 1. The first-order chi connectivity index (χ1) is 15.0. The molecule has 0 N–H and O–H groups in total. The molecule has 0 fully saturated rings. The van der Waals surface area contributed by atoms with E-state index in [1.54, 1.807) is 31.3 Å². The van der Waals surface area contributed by atoms with Crippen LogP contribution in [0.4, 0.5) is 11.4 Å². The highest BCUT2D eigenvalue weighted by Crippen LogP contribution is 2.26. The van der Waals surface area contributed by atoms with Crippen molar-refractivity contribution in [2.75, 3.05) is 7.11 Å². The summed E-state index contributed by atoms with van der Waals surface area (Å²) in [7, 11) is 1.31. The third-order valence-electron chi connectivity index (χ3n) is 4.93. The van der Waals surface area contributed by atoms with Gasteiger partial charge in [0.15, 0.2) is 0 Å². The van der Waals surface area contributed by atoms with Gasteiger partial charge in [-0.3, -0.25) is 15.1 Å². The first-order valence-corrected chi connectivity index (χ1v) is 9.50. The summed E-state index contributed by atoms with van der Waals surface area (Å²) in [5.41, 5.74) is 3.31. The van der Waals surface area contributed by atoms with Gasteiger partial charge >= 0.3 is 5.97 Å². The van der Waals surface area contributed by atoms with Gasteiger partial charge < -0.3 is 13.7 Å². The molecule has 0 spiro atoms. The Labute approximate surface area is 177 Å². The zero-order valence-corrected chi connectivity index (χ0v) is 16.9. The minimum absolute atomic E-state index is 0.0397. The van der Waals surface area contributed by atoms with E-state index >= 15 is 0 Å². The van der Waals surface area contributed by atoms with E-state index in [1.807, 2.05) is 35.0 Å². The van der Waals surface area contributed by atoms with Gasteiger partial charge in [-0.15, -0.1) is 0 Å². The molecule has 2 aromatic carbocycles. The summed E-state index contributed by atoms with van der Waals surface area (Å²) in [6, 6.07) is 15.8. The number of nitrogens with zero attached hydrogens (tertiary/aromatic N) is 3. The van der Waals surface area contributed by atoms with E-state index in [1.165, 1.54) is 19.2 Å². The molecule has 0 radical (unpaired) electrons. The van der Waals surface area contributed by atoms with Gasteiger partial charge in [0.05, 0.1) is 24.3 Å². The molecule has 31 heavy (non-hydrogen) atoms. The number of aliphatic imine (C=N–C) groups is 1. The number of esters is 1. The zero-order chi connectivity index (χ0) is 22.0. The molecule has 8 heteroatoms. The number of hydrogen-bond acceptors (Lipinski definition) is 6. The topological polar surface area (TPSA) is 99.9 Å². The Balaban J connectivity index is 1.65. The fourth-order valence-corrected chi connectivity index (χ4v) is 3.39. The van der Waals surface area contributed by atoms with Crippen molar-refractivity contribution < 1.29 is 18.9 Å². The van der Waals surface area contributed by atoms with Crippen LogP contribution in [0, 0.1) is 17.0 Å². The van der Waals surface area contributed by atoms with Crippen LogP contribution in [-0.2, 0) is 11.3 Å². The Morgan fingerprint density at radius 3 is 2.77 bits per heavy atom. The third kappa shape index (κ3) is 4.09. The van der Waals surface area contributed by atoms with E-state index in [-0.39, 0.29) is 11.4 Å². The number of carbonyl (C=O) groups excluding carboxylic acids is 1. The number of hydrogen-bond donors (Lipinski definition) is 0. The number of ether oxygens (including phenoxy) is 1.